The molecule has 2 amide bonds. The van der Waals surface area contributed by atoms with E-state index in [9.17, 15) is 19.1 Å². The van der Waals surface area contributed by atoms with Crippen LogP contribution < -0.4 is 30.7 Å². The number of thiocarbonyl (C=S) groups is 1. The molecule has 1 fully saturated rings. The van der Waals surface area contributed by atoms with Crippen molar-refractivity contribution in [2.45, 2.75) is 179 Å². The normalized spacial score (nSPS) is 11.3. The van der Waals surface area contributed by atoms with Gasteiger partial charge in [-0.15, -0.1) is 22.7 Å². The number of ether oxygens (including phenoxy) is 7. The van der Waals surface area contributed by atoms with Crippen molar-refractivity contribution >= 4 is 121 Å². The van der Waals surface area contributed by atoms with E-state index in [-0.39, 0.29) is 31.4 Å². The SMILES string of the molecule is C.C1CCOC1.CCC[CH2][Sn]([CH2]CCC)([CH2]CCC)[c]1sc(NC(=O)OC(C)(C)C)nc1COC.COCC(C)=O.COCc1csc(N)n1.COCc1csc(NC(=O)OC(C)(C)C)n1.C[B]OOCB=O.NC(N)=S. The van der Waals surface area contributed by atoms with Crippen molar-refractivity contribution in [1.82, 2.24) is 15.0 Å². The molecule has 3 aromatic rings. The largest absolute Gasteiger partial charge is 0.377 e. The van der Waals surface area contributed by atoms with Gasteiger partial charge in [0, 0.05) is 45.3 Å². The van der Waals surface area contributed by atoms with Crippen molar-refractivity contribution in [3.63, 3.8) is 0 Å². The molecule has 0 atom stereocenters. The quantitative estimate of drug-likeness (QED) is 0.0183. The number of ketones is 1. The third-order valence-corrected chi connectivity index (χ3v) is 29.8. The number of aromatic nitrogens is 3. The topological polar surface area (TPSA) is 292 Å². The second-order valence-electron chi connectivity index (χ2n) is 18.4. The number of anilines is 3. The van der Waals surface area contributed by atoms with Crippen LogP contribution in [0.5, 0.6) is 0 Å². The van der Waals surface area contributed by atoms with Gasteiger partial charge >= 0.3 is 235 Å². The van der Waals surface area contributed by atoms with Crippen molar-refractivity contribution in [3.8, 4) is 0 Å². The molecule has 1 radical (unpaired) electrons. The van der Waals surface area contributed by atoms with Crippen LogP contribution in [0.2, 0.25) is 20.1 Å². The van der Waals surface area contributed by atoms with Gasteiger partial charge in [-0.05, 0) is 52.8 Å². The molecule has 0 bridgehead atoms. The summed E-state index contributed by atoms with van der Waals surface area (Å²) in [5.74, 6) is 0.0671. The molecule has 1 saturated heterocycles. The number of carbonyl (C=O) groups is 3. The predicted molar refractivity (Wildman–Crippen MR) is 323 cm³/mol. The Hall–Kier alpha value is -2.96. The maximum absolute atomic E-state index is 12.3. The molecule has 8 N–H and O–H groups in total. The van der Waals surface area contributed by atoms with E-state index in [2.05, 4.69) is 79.5 Å². The van der Waals surface area contributed by atoms with Gasteiger partial charge in [0.05, 0.1) is 24.6 Å². The van der Waals surface area contributed by atoms with Crippen LogP contribution in [0.25, 0.3) is 0 Å². The van der Waals surface area contributed by atoms with E-state index >= 15 is 0 Å². The fourth-order valence-electron chi connectivity index (χ4n) is 6.06. The summed E-state index contributed by atoms with van der Waals surface area (Å²) in [6.07, 6.45) is 9.22. The summed E-state index contributed by atoms with van der Waals surface area (Å²) in [7, 11) is 8.43. The first kappa shape index (κ1) is 80.5. The van der Waals surface area contributed by atoms with Crippen molar-refractivity contribution in [2.24, 2.45) is 11.5 Å². The van der Waals surface area contributed by atoms with Crippen LogP contribution in [0.4, 0.5) is 25.0 Å². The third kappa shape index (κ3) is 48.7. The zero-order valence-electron chi connectivity index (χ0n) is 48.1. The van der Waals surface area contributed by atoms with Gasteiger partial charge < -0.3 is 40.9 Å². The molecule has 0 unspecified atom stereocenters. The molecule has 0 aromatic carbocycles. The number of hydrogen-bond acceptors (Lipinski definition) is 21. The van der Waals surface area contributed by atoms with Crippen LogP contribution in [0, 0.1) is 0 Å². The number of nitrogens with zero attached hydrogens (tertiary/aromatic N) is 3. The molecule has 1 aliphatic heterocycles. The van der Waals surface area contributed by atoms with Gasteiger partial charge in [-0.3, -0.25) is 10.1 Å². The van der Waals surface area contributed by atoms with Crippen LogP contribution in [0.3, 0.4) is 0 Å². The van der Waals surface area contributed by atoms with E-state index in [1.54, 1.807) is 39.5 Å². The van der Waals surface area contributed by atoms with Gasteiger partial charge in [-0.2, -0.15) is 0 Å². The third-order valence-electron chi connectivity index (χ3n) is 8.88. The second kappa shape index (κ2) is 50.0. The second-order valence-corrected chi connectivity index (χ2v) is 35.7. The molecule has 4 rings (SSSR count). The number of nitrogens with one attached hydrogen (secondary N) is 2. The van der Waals surface area contributed by atoms with Crippen molar-refractivity contribution in [3.05, 3.63) is 27.8 Å². The maximum atomic E-state index is 12.3. The van der Waals surface area contributed by atoms with E-state index in [0.29, 0.717) is 42.4 Å². The number of amides is 2. The Kier molecular flexibility index (Phi) is 52.3. The number of Topliss-reactive ketones (excluding diaryl/α,β-unsaturated/α-hetero) is 1. The molecule has 21 nitrogen and oxygen atoms in total. The molecule has 1 aliphatic rings. The van der Waals surface area contributed by atoms with E-state index in [4.69, 9.17) is 39.1 Å². The number of nitrogens with two attached hydrogens (primary N) is 3. The summed E-state index contributed by atoms with van der Waals surface area (Å²) in [6.45, 7) is 24.8. The molecular formula is C49H95B2N8O13S4Sn. The zero-order chi connectivity index (χ0) is 58.4. The summed E-state index contributed by atoms with van der Waals surface area (Å²) in [6, 6.07) is 0. The van der Waals surface area contributed by atoms with Crippen molar-refractivity contribution in [1.29, 1.82) is 0 Å². The standard InChI is InChI=1S/C10H16N2O3S.C10H15N2O3S.C5H8N2OS.C4H8O2.C4H8O.3C4H9.C2H5B2O3.CH4N2S.CH4.Sn/c2*1-10(2,3)15-9(13)12-8-11-7(5-14-4)6-16-8;1-8-2-4-3-9-5(6)7-4;1-4(5)3-6-2;1-2-4-5-3-1;3*1-3-4-2;1-3-7-6-2-4-5;2-1(3)4;;/h6H,5H2,1-4H3,(H,11,12,13);5H2,1-4H3,(H,11,12,13);3H,2H2,1H3,(H2,6,7);3H2,1-2H3;1-4H2;3*1,3-4H2,2H3;2H2,1H3;(H4,2,3,4);1H4;. The smallest absolute Gasteiger partial charge is 0.160 e. The van der Waals surface area contributed by atoms with E-state index in [1.807, 2.05) is 52.3 Å². The average molecular weight is 1270 g/mol. The minimum Gasteiger partial charge on any atom is -0.377 e. The van der Waals surface area contributed by atoms with E-state index in [1.165, 1.54) is 112 Å². The van der Waals surface area contributed by atoms with E-state index in [0.717, 1.165) is 30.3 Å². The Balaban J connectivity index is -0.000000462. The fourth-order valence-corrected chi connectivity index (χ4v) is 28.0. The number of hydrogen-bond donors (Lipinski definition) is 5. The Morgan fingerprint density at radius 3 is 1.55 bits per heavy atom. The Labute approximate surface area is 483 Å². The molecule has 0 spiro atoms. The predicted octanol–water partition coefficient (Wildman–Crippen LogP) is 10.7. The number of unbranched alkanes of at least 4 members (excludes halogenated alkanes) is 3. The molecule has 3 aromatic heterocycles. The van der Waals surface area contributed by atoms with Crippen molar-refractivity contribution in [2.75, 3.05) is 71.1 Å². The zero-order valence-corrected chi connectivity index (χ0v) is 54.2. The molecule has 0 aliphatic carbocycles. The van der Waals surface area contributed by atoms with Gasteiger partial charge in [-0.1, -0.05) is 7.43 Å². The monoisotopic (exact) mass is 1270 g/mol. The minimum atomic E-state index is -2.64. The number of carbonyl (C=O) groups excluding carboxylic acids is 3. The van der Waals surface area contributed by atoms with Crippen molar-refractivity contribution < 1.29 is 61.9 Å². The van der Waals surface area contributed by atoms with Gasteiger partial charge in [0.2, 0.25) is 0 Å². The minimum absolute atomic E-state index is 0. The molecule has 77 heavy (non-hydrogen) atoms. The van der Waals surface area contributed by atoms with Crippen LogP contribution >= 0.6 is 46.2 Å². The first-order valence-electron chi connectivity index (χ1n) is 25.1. The number of nitrogen functional groups attached to an aromatic ring is 1. The molecular weight excluding hydrogens is 1180 g/mol. The molecule has 0 saturated carbocycles. The summed E-state index contributed by atoms with van der Waals surface area (Å²) >= 11 is 5.92. The van der Waals surface area contributed by atoms with Gasteiger partial charge in [0.15, 0.2) is 21.2 Å². The maximum Gasteiger partial charge on any atom is 0.160 e. The first-order chi connectivity index (χ1) is 35.9. The summed E-state index contributed by atoms with van der Waals surface area (Å²) in [4.78, 5) is 55.0. The fraction of sp³-hybridized carbons (Fsp3) is 0.735. The molecule has 4 heterocycles. The summed E-state index contributed by atoms with van der Waals surface area (Å²) in [5, 5.41) is 10.9. The Morgan fingerprint density at radius 2 is 1.21 bits per heavy atom. The van der Waals surface area contributed by atoms with Gasteiger partial charge in [0.25, 0.3) is 0 Å². The first-order valence-corrected chi connectivity index (χ1v) is 35.5. The van der Waals surface area contributed by atoms with Crippen LogP contribution in [-0.4, -0.2) is 137 Å². The number of methoxy groups -OCH3 is 4. The summed E-state index contributed by atoms with van der Waals surface area (Å²) in [5.41, 5.74) is 16.3. The van der Waals surface area contributed by atoms with Crippen LogP contribution in [0.1, 0.15) is 145 Å². The van der Waals surface area contributed by atoms with E-state index < -0.39 is 41.8 Å². The number of thiazole rings is 3. The average Bonchev–Trinajstić information content (AvgIpc) is 4.18. The van der Waals surface area contributed by atoms with Gasteiger partial charge in [-0.25, -0.2) is 14.8 Å². The Bertz CT molecular complexity index is 1920. The number of rotatable bonds is 24. The Morgan fingerprint density at radius 1 is 0.753 bits per heavy atom. The summed E-state index contributed by atoms with van der Waals surface area (Å²) < 4.78 is 50.3. The molecule has 28 heteroatoms. The van der Waals surface area contributed by atoms with Gasteiger partial charge in [0.1, 0.15) is 12.2 Å². The van der Waals surface area contributed by atoms with Crippen LogP contribution in [-0.2, 0) is 72.2 Å². The molecule has 443 valence electrons. The van der Waals surface area contributed by atoms with Crippen LogP contribution in [0.15, 0.2) is 10.8 Å².